The topological polar surface area (TPSA) is 74.5 Å². The molecule has 1 aromatic carbocycles. The number of pyridine rings is 1. The number of nitrogens with one attached hydrogen (secondary N) is 2. The number of hydrogen-bond donors (Lipinski definition) is 2. The van der Waals surface area contributed by atoms with Crippen LogP contribution in [0, 0.1) is 5.82 Å². The van der Waals surface area contributed by atoms with Crippen molar-refractivity contribution < 1.29 is 8.96 Å². The van der Waals surface area contributed by atoms with E-state index in [2.05, 4.69) is 23.2 Å². The molecule has 0 fully saturated rings. The summed E-state index contributed by atoms with van der Waals surface area (Å²) in [6.07, 6.45) is 11.6. The van der Waals surface area contributed by atoms with Gasteiger partial charge in [0, 0.05) is 42.2 Å². The van der Waals surface area contributed by atoms with Gasteiger partial charge in [-0.1, -0.05) is 30.4 Å². The molecule has 4 rings (SSSR count). The van der Waals surface area contributed by atoms with E-state index < -0.39 is 17.1 Å². The van der Waals surface area contributed by atoms with Crippen molar-refractivity contribution >= 4 is 23.1 Å². The van der Waals surface area contributed by atoms with Crippen molar-refractivity contribution in [3.8, 4) is 0 Å². The number of halogens is 1. The van der Waals surface area contributed by atoms with E-state index in [9.17, 15) is 14.0 Å². The minimum Gasteiger partial charge on any atom is -0.361 e. The Labute approximate surface area is 165 Å². The van der Waals surface area contributed by atoms with E-state index in [4.69, 9.17) is 0 Å². The Morgan fingerprint density at radius 2 is 1.86 bits per heavy atom. The zero-order valence-corrected chi connectivity index (χ0v) is 15.6. The number of nitrogens with zero attached hydrogens (tertiary/aromatic N) is 2. The maximum atomic E-state index is 13.3. The first kappa shape index (κ1) is 18.6. The summed E-state index contributed by atoms with van der Waals surface area (Å²) in [6, 6.07) is 12.2. The summed E-state index contributed by atoms with van der Waals surface area (Å²) in [6.45, 7) is 0.987. The number of para-hydroxylation sites is 1. The van der Waals surface area contributed by atoms with Gasteiger partial charge in [0.25, 0.3) is 5.56 Å². The molecule has 0 aliphatic rings. The first-order valence-corrected chi connectivity index (χ1v) is 9.33. The van der Waals surface area contributed by atoms with Crippen molar-refractivity contribution in [2.45, 2.75) is 19.5 Å². The van der Waals surface area contributed by atoms with Gasteiger partial charge in [-0.05, 0) is 17.2 Å². The van der Waals surface area contributed by atoms with Gasteiger partial charge in [-0.25, -0.2) is 9.36 Å². The summed E-state index contributed by atoms with van der Waals surface area (Å²) < 4.78 is 16.5. The first-order valence-electron chi connectivity index (χ1n) is 9.33. The number of H-pyrrole nitrogens is 2. The van der Waals surface area contributed by atoms with Gasteiger partial charge in [-0.15, -0.1) is 0 Å². The average molecular weight is 391 g/mol. The summed E-state index contributed by atoms with van der Waals surface area (Å²) in [5.41, 5.74) is 1.73. The Morgan fingerprint density at radius 3 is 2.69 bits per heavy atom. The van der Waals surface area contributed by atoms with Crippen LogP contribution < -0.4 is 15.8 Å². The molecular formula is C22H20FN4O2+. The largest absolute Gasteiger partial charge is 0.361 e. The Bertz CT molecular complexity index is 1280. The number of aromatic amines is 2. The van der Waals surface area contributed by atoms with Gasteiger partial charge in [0.15, 0.2) is 12.4 Å². The van der Waals surface area contributed by atoms with E-state index in [1.54, 1.807) is 0 Å². The molecule has 7 heteroatoms. The van der Waals surface area contributed by atoms with E-state index in [0.717, 1.165) is 22.8 Å². The highest BCUT2D eigenvalue weighted by molar-refractivity contribution is 5.91. The van der Waals surface area contributed by atoms with Crippen LogP contribution in [0.2, 0.25) is 0 Å². The number of aromatic nitrogens is 4. The van der Waals surface area contributed by atoms with Gasteiger partial charge in [0.05, 0.1) is 6.20 Å². The van der Waals surface area contributed by atoms with Crippen LogP contribution in [0.25, 0.3) is 23.1 Å². The van der Waals surface area contributed by atoms with Crippen LogP contribution in [0.3, 0.4) is 0 Å². The third-order valence-electron chi connectivity index (χ3n) is 4.78. The lowest BCUT2D eigenvalue weighted by Crippen LogP contribution is -2.35. The molecule has 0 unspecified atom stereocenters. The zero-order chi connectivity index (χ0) is 20.2. The molecule has 0 atom stereocenters. The lowest BCUT2D eigenvalue weighted by Gasteiger charge is -2.03. The Balaban J connectivity index is 1.37. The van der Waals surface area contributed by atoms with Crippen LogP contribution in [-0.4, -0.2) is 14.5 Å². The van der Waals surface area contributed by atoms with Crippen LogP contribution in [-0.2, 0) is 13.1 Å². The third kappa shape index (κ3) is 4.24. The molecule has 0 radical (unpaired) electrons. The third-order valence-corrected chi connectivity index (χ3v) is 4.78. The van der Waals surface area contributed by atoms with Gasteiger partial charge >= 0.3 is 5.69 Å². The smallest absolute Gasteiger partial charge is 0.328 e. The fourth-order valence-electron chi connectivity index (χ4n) is 3.22. The second kappa shape index (κ2) is 8.10. The summed E-state index contributed by atoms with van der Waals surface area (Å²) >= 11 is 0. The van der Waals surface area contributed by atoms with Crippen LogP contribution in [0.1, 0.15) is 17.5 Å². The Morgan fingerprint density at radius 1 is 1.07 bits per heavy atom. The maximum absolute atomic E-state index is 13.3. The predicted molar refractivity (Wildman–Crippen MR) is 110 cm³/mol. The van der Waals surface area contributed by atoms with E-state index in [1.807, 2.05) is 58.5 Å². The molecule has 146 valence electrons. The summed E-state index contributed by atoms with van der Waals surface area (Å²) in [5.74, 6) is -0.955. The van der Waals surface area contributed by atoms with Crippen molar-refractivity contribution in [2.24, 2.45) is 0 Å². The van der Waals surface area contributed by atoms with Gasteiger partial charge < -0.3 is 4.98 Å². The monoisotopic (exact) mass is 391 g/mol. The van der Waals surface area contributed by atoms with Gasteiger partial charge in [0.2, 0.25) is 5.82 Å². The second-order valence-corrected chi connectivity index (χ2v) is 6.78. The minimum absolute atomic E-state index is 0.321. The van der Waals surface area contributed by atoms with Gasteiger partial charge in [-0.2, -0.15) is 4.39 Å². The van der Waals surface area contributed by atoms with Crippen LogP contribution in [0.5, 0.6) is 0 Å². The van der Waals surface area contributed by atoms with Gasteiger partial charge in [-0.3, -0.25) is 14.3 Å². The Kier molecular flexibility index (Phi) is 5.20. The highest BCUT2D eigenvalue weighted by Gasteiger charge is 2.06. The van der Waals surface area contributed by atoms with E-state index in [1.165, 1.54) is 9.95 Å². The molecule has 0 saturated carbocycles. The van der Waals surface area contributed by atoms with Crippen LogP contribution in [0.4, 0.5) is 4.39 Å². The van der Waals surface area contributed by atoms with E-state index in [-0.39, 0.29) is 0 Å². The highest BCUT2D eigenvalue weighted by atomic mass is 19.1. The number of hydrogen-bond acceptors (Lipinski definition) is 2. The van der Waals surface area contributed by atoms with Crippen molar-refractivity contribution in [3.63, 3.8) is 0 Å². The van der Waals surface area contributed by atoms with E-state index in [0.29, 0.717) is 19.5 Å². The molecule has 0 bridgehead atoms. The highest BCUT2D eigenvalue weighted by Crippen LogP contribution is 2.19. The fourth-order valence-corrected chi connectivity index (χ4v) is 3.22. The lowest BCUT2D eigenvalue weighted by atomic mass is 10.1. The van der Waals surface area contributed by atoms with Gasteiger partial charge in [0.1, 0.15) is 6.54 Å². The molecule has 0 amide bonds. The first-order chi connectivity index (χ1) is 14.1. The average Bonchev–Trinajstić information content (AvgIpc) is 3.14. The molecule has 0 aliphatic heterocycles. The maximum Gasteiger partial charge on any atom is 0.328 e. The fraction of sp³-hybridized carbons (Fsp3) is 0.136. The molecular weight excluding hydrogens is 371 g/mol. The lowest BCUT2D eigenvalue weighted by molar-refractivity contribution is -0.697. The molecule has 0 saturated heterocycles. The number of aryl methyl sites for hydroxylation is 2. The summed E-state index contributed by atoms with van der Waals surface area (Å²) in [4.78, 5) is 27.9. The second-order valence-electron chi connectivity index (χ2n) is 6.78. The number of fused-ring (bicyclic) bond motifs is 1. The number of rotatable bonds is 6. The standard InChI is InChI=1S/C22H19FN4O2/c23-19-15-27(22(29)25-21(19)28)11-3-10-26-12-8-16(9-13-26)6-7-17-14-24-20-5-2-1-4-18(17)20/h1-2,4-9,12-15H,3,10-11H2,(H,25,28,29)/p+1. The Hall–Kier alpha value is -3.74. The molecule has 6 nitrogen and oxygen atoms in total. The molecule has 2 N–H and O–H groups in total. The van der Waals surface area contributed by atoms with E-state index >= 15 is 0 Å². The molecule has 0 aliphatic carbocycles. The quantitative estimate of drug-likeness (QED) is 0.496. The molecule has 29 heavy (non-hydrogen) atoms. The normalized spacial score (nSPS) is 11.5. The molecule has 3 aromatic heterocycles. The summed E-state index contributed by atoms with van der Waals surface area (Å²) in [5, 5.41) is 1.18. The molecule has 3 heterocycles. The SMILES string of the molecule is O=c1[nH]c(=O)n(CCC[n+]2ccc(/C=C/c3c[nH]c4ccccc34)cc2)cc1F. The van der Waals surface area contributed by atoms with Crippen LogP contribution >= 0.6 is 0 Å². The summed E-state index contributed by atoms with van der Waals surface area (Å²) in [7, 11) is 0. The molecule has 0 spiro atoms. The predicted octanol–water partition coefficient (Wildman–Crippen LogP) is 2.71. The zero-order valence-electron chi connectivity index (χ0n) is 15.6. The van der Waals surface area contributed by atoms with Crippen molar-refractivity contribution in [1.29, 1.82) is 0 Å². The number of benzene rings is 1. The molecule has 4 aromatic rings. The van der Waals surface area contributed by atoms with Crippen molar-refractivity contribution in [2.75, 3.05) is 0 Å². The van der Waals surface area contributed by atoms with Crippen LogP contribution in [0.15, 0.2) is 70.8 Å². The van der Waals surface area contributed by atoms with Crippen molar-refractivity contribution in [3.05, 3.63) is 99.0 Å². The minimum atomic E-state index is -0.989. The van der Waals surface area contributed by atoms with Crippen molar-refractivity contribution in [1.82, 2.24) is 14.5 Å².